The minimum atomic E-state index is -2.64. The van der Waals surface area contributed by atoms with E-state index in [-0.39, 0.29) is 0 Å². The van der Waals surface area contributed by atoms with Gasteiger partial charge >= 0.3 is 11.4 Å². The van der Waals surface area contributed by atoms with Crippen LogP contribution >= 0.6 is 0 Å². The first-order valence-electron chi connectivity index (χ1n) is 2.84. The van der Waals surface area contributed by atoms with E-state index in [0.29, 0.717) is 0 Å². The lowest BCUT2D eigenvalue weighted by atomic mass is 10.3. The Bertz CT molecular complexity index is 316. The van der Waals surface area contributed by atoms with Crippen LogP contribution in [0.25, 0.3) is 0 Å². The highest BCUT2D eigenvalue weighted by Crippen LogP contribution is 2.19. The van der Waals surface area contributed by atoms with Crippen molar-refractivity contribution in [1.82, 2.24) is 0 Å². The van der Waals surface area contributed by atoms with Crippen molar-refractivity contribution < 1.29 is 21.7 Å². The van der Waals surface area contributed by atoms with Crippen LogP contribution in [-0.2, 0) is 11.4 Å². The van der Waals surface area contributed by atoms with E-state index in [1.54, 1.807) is 0 Å². The van der Waals surface area contributed by atoms with Gasteiger partial charge in [-0.05, 0) is 12.1 Å². The molecule has 1 atom stereocenters. The zero-order valence-electron chi connectivity index (χ0n) is 5.66. The van der Waals surface area contributed by atoms with Crippen molar-refractivity contribution in [1.29, 1.82) is 0 Å². The molecule has 0 heterocycles. The molecule has 0 amide bonds. The lowest BCUT2D eigenvalue weighted by molar-refractivity contribution is 0.423. The summed E-state index contributed by atoms with van der Waals surface area (Å²) >= 11 is -2.64. The average Bonchev–Trinajstić information content (AvgIpc) is 1.98. The molecule has 1 aromatic carbocycles. The molecule has 0 saturated heterocycles. The van der Waals surface area contributed by atoms with Gasteiger partial charge in [0.25, 0.3) is 0 Å². The van der Waals surface area contributed by atoms with Crippen LogP contribution in [0.15, 0.2) is 18.2 Å². The van der Waals surface area contributed by atoms with Gasteiger partial charge < -0.3 is 4.18 Å². The van der Waals surface area contributed by atoms with Crippen molar-refractivity contribution in [2.75, 3.05) is 0 Å². The van der Waals surface area contributed by atoms with Gasteiger partial charge in [0.2, 0.25) is 5.82 Å². The predicted molar refractivity (Wildman–Crippen MR) is 37.8 cm³/mol. The molecule has 0 aliphatic carbocycles. The van der Waals surface area contributed by atoms with Gasteiger partial charge in [-0.25, -0.2) is 4.39 Å². The first kappa shape index (κ1) is 9.08. The number of benzene rings is 1. The van der Waals surface area contributed by atoms with Crippen molar-refractivity contribution in [3.8, 4) is 5.75 Å². The van der Waals surface area contributed by atoms with Crippen LogP contribution in [0.2, 0.25) is 0 Å². The highest BCUT2D eigenvalue weighted by molar-refractivity contribution is 7.74. The van der Waals surface area contributed by atoms with E-state index in [4.69, 9.17) is 4.55 Å². The van der Waals surface area contributed by atoms with Gasteiger partial charge in [-0.1, -0.05) is 6.07 Å². The molecule has 3 nitrogen and oxygen atoms in total. The SMILES string of the molecule is O=S(O)Oc1cccc(F)c1F. The Kier molecular flexibility index (Phi) is 2.72. The third-order valence-electron chi connectivity index (χ3n) is 1.08. The molecule has 0 radical (unpaired) electrons. The van der Waals surface area contributed by atoms with Crippen molar-refractivity contribution in [3.05, 3.63) is 29.8 Å². The molecule has 1 aromatic rings. The first-order chi connectivity index (χ1) is 5.61. The summed E-state index contributed by atoms with van der Waals surface area (Å²) in [6, 6.07) is 3.09. The minimum Gasteiger partial charge on any atom is -0.377 e. The van der Waals surface area contributed by atoms with Crippen LogP contribution in [0.5, 0.6) is 5.75 Å². The molecule has 12 heavy (non-hydrogen) atoms. The van der Waals surface area contributed by atoms with E-state index < -0.39 is 28.7 Å². The van der Waals surface area contributed by atoms with Crippen molar-refractivity contribution >= 4 is 11.4 Å². The van der Waals surface area contributed by atoms with Gasteiger partial charge in [0.15, 0.2) is 11.6 Å². The Morgan fingerprint density at radius 1 is 1.42 bits per heavy atom. The Balaban J connectivity index is 3.00. The summed E-state index contributed by atoms with van der Waals surface area (Å²) in [6.45, 7) is 0. The monoisotopic (exact) mass is 194 g/mol. The Labute approximate surface area is 69.5 Å². The highest BCUT2D eigenvalue weighted by Gasteiger charge is 2.10. The van der Waals surface area contributed by atoms with Gasteiger partial charge in [0, 0.05) is 0 Å². The van der Waals surface area contributed by atoms with E-state index in [2.05, 4.69) is 4.18 Å². The molecule has 0 bridgehead atoms. The van der Waals surface area contributed by atoms with Crippen LogP contribution in [0.1, 0.15) is 0 Å². The second-order valence-electron chi connectivity index (χ2n) is 1.85. The van der Waals surface area contributed by atoms with Crippen molar-refractivity contribution in [2.24, 2.45) is 0 Å². The largest absolute Gasteiger partial charge is 0.377 e. The maximum Gasteiger partial charge on any atom is 0.357 e. The third-order valence-corrected chi connectivity index (χ3v) is 1.40. The first-order valence-corrected chi connectivity index (χ1v) is 3.87. The zero-order chi connectivity index (χ0) is 9.14. The molecule has 1 rings (SSSR count). The number of rotatable bonds is 2. The zero-order valence-corrected chi connectivity index (χ0v) is 6.48. The lowest BCUT2D eigenvalue weighted by Crippen LogP contribution is -2.00. The minimum absolute atomic E-state index is 0.587. The molecule has 0 saturated carbocycles. The molecule has 0 aliphatic heterocycles. The fraction of sp³-hybridized carbons (Fsp3) is 0. The summed E-state index contributed by atoms with van der Waals surface area (Å²) in [5.41, 5.74) is 0. The van der Waals surface area contributed by atoms with Crippen LogP contribution in [0.4, 0.5) is 8.78 Å². The quantitative estimate of drug-likeness (QED) is 0.725. The fourth-order valence-electron chi connectivity index (χ4n) is 0.625. The molecular formula is C6H4F2O3S. The molecule has 0 aromatic heterocycles. The number of hydrogen-bond donors (Lipinski definition) is 1. The van der Waals surface area contributed by atoms with E-state index in [0.717, 1.165) is 12.1 Å². The van der Waals surface area contributed by atoms with E-state index in [9.17, 15) is 13.0 Å². The third kappa shape index (κ3) is 1.99. The lowest BCUT2D eigenvalue weighted by Gasteiger charge is -2.00. The van der Waals surface area contributed by atoms with Gasteiger partial charge in [-0.15, -0.1) is 0 Å². The maximum absolute atomic E-state index is 12.6. The number of hydrogen-bond acceptors (Lipinski definition) is 2. The molecule has 66 valence electrons. The summed E-state index contributed by atoms with van der Waals surface area (Å²) in [4.78, 5) is 0. The van der Waals surface area contributed by atoms with Gasteiger partial charge in [0.1, 0.15) is 0 Å². The van der Waals surface area contributed by atoms with Gasteiger partial charge in [0.05, 0.1) is 0 Å². The van der Waals surface area contributed by atoms with Crippen LogP contribution in [0, 0.1) is 11.6 Å². The van der Waals surface area contributed by atoms with Crippen LogP contribution < -0.4 is 4.18 Å². The molecule has 0 spiro atoms. The van der Waals surface area contributed by atoms with Crippen molar-refractivity contribution in [3.63, 3.8) is 0 Å². The van der Waals surface area contributed by atoms with Gasteiger partial charge in [-0.3, -0.25) is 4.55 Å². The molecule has 1 N–H and O–H groups in total. The Morgan fingerprint density at radius 3 is 2.67 bits per heavy atom. The van der Waals surface area contributed by atoms with E-state index >= 15 is 0 Å². The second-order valence-corrected chi connectivity index (χ2v) is 2.45. The molecule has 0 aliphatic rings. The highest BCUT2D eigenvalue weighted by atomic mass is 32.2. The fourth-order valence-corrected chi connectivity index (χ4v) is 0.907. The Hall–Kier alpha value is -1.01. The second kappa shape index (κ2) is 3.59. The van der Waals surface area contributed by atoms with Crippen molar-refractivity contribution in [2.45, 2.75) is 0 Å². The summed E-state index contributed by atoms with van der Waals surface area (Å²) in [7, 11) is 0. The standard InChI is InChI=1S/C6H4F2O3S/c7-4-2-1-3-5(6(4)8)11-12(9)10/h1-3H,(H,9,10). The maximum atomic E-state index is 12.6. The molecule has 1 unspecified atom stereocenters. The van der Waals surface area contributed by atoms with Gasteiger partial charge in [-0.2, -0.15) is 8.60 Å². The normalized spacial score (nSPS) is 12.6. The summed E-state index contributed by atoms with van der Waals surface area (Å²) in [5, 5.41) is 0. The summed E-state index contributed by atoms with van der Waals surface area (Å²) in [5.74, 6) is -2.99. The number of halogens is 2. The summed E-state index contributed by atoms with van der Waals surface area (Å²) < 4.78 is 47.3. The summed E-state index contributed by atoms with van der Waals surface area (Å²) in [6.07, 6.45) is 0. The van der Waals surface area contributed by atoms with Crippen LogP contribution in [0.3, 0.4) is 0 Å². The molecule has 0 fully saturated rings. The van der Waals surface area contributed by atoms with E-state index in [1.807, 2.05) is 0 Å². The smallest absolute Gasteiger partial charge is 0.357 e. The predicted octanol–water partition coefficient (Wildman–Crippen LogP) is 1.48. The van der Waals surface area contributed by atoms with E-state index in [1.165, 1.54) is 6.07 Å². The average molecular weight is 194 g/mol. The molecular weight excluding hydrogens is 190 g/mol. The topological polar surface area (TPSA) is 46.5 Å². The van der Waals surface area contributed by atoms with Crippen LogP contribution in [-0.4, -0.2) is 8.76 Å². The molecule has 6 heteroatoms. The Morgan fingerprint density at radius 2 is 2.08 bits per heavy atom.